The largest absolute Gasteiger partial charge is 0.359 e. The van der Waals surface area contributed by atoms with Gasteiger partial charge in [0.25, 0.3) is 11.8 Å². The van der Waals surface area contributed by atoms with Gasteiger partial charge in [-0.3, -0.25) is 0 Å². The molecule has 2 saturated heterocycles. The van der Waals surface area contributed by atoms with Crippen LogP contribution in [0.2, 0.25) is 0 Å². The van der Waals surface area contributed by atoms with Gasteiger partial charge in [0.15, 0.2) is 0 Å². The molecular formula is C18H17Br3F4N2. The molecule has 1 N–H and O–H groups in total. The average Bonchev–Trinajstić information content (AvgIpc) is 2.56. The predicted molar refractivity (Wildman–Crippen MR) is 111 cm³/mol. The molecule has 0 radical (unpaired) electrons. The molecule has 0 atom stereocenters. The molecule has 2 aromatic carbocycles. The van der Waals surface area contributed by atoms with Gasteiger partial charge in [0.05, 0.1) is 26.2 Å². The van der Waals surface area contributed by atoms with Crippen LogP contribution in [0, 0.1) is 0 Å². The molecule has 9 heteroatoms. The first-order valence-corrected chi connectivity index (χ1v) is 10.3. The molecule has 4 rings (SSSR count). The Balaban J connectivity index is 0.000000159. The summed E-state index contributed by atoms with van der Waals surface area (Å²) in [6.07, 6.45) is 0. The van der Waals surface area contributed by atoms with Crippen LogP contribution >= 0.6 is 47.8 Å². The number of halogens is 7. The highest BCUT2D eigenvalue weighted by Crippen LogP contribution is 2.32. The maximum Gasteiger partial charge on any atom is 0.282 e. The molecule has 0 aliphatic carbocycles. The van der Waals surface area contributed by atoms with E-state index in [-0.39, 0.29) is 26.2 Å². The molecule has 27 heavy (non-hydrogen) atoms. The van der Waals surface area contributed by atoms with Gasteiger partial charge in [-0.2, -0.15) is 0 Å². The van der Waals surface area contributed by atoms with Gasteiger partial charge in [0, 0.05) is 19.1 Å². The zero-order valence-corrected chi connectivity index (χ0v) is 18.8. The minimum absolute atomic E-state index is 0.132. The van der Waals surface area contributed by atoms with E-state index in [0.717, 1.165) is 19.1 Å². The summed E-state index contributed by atoms with van der Waals surface area (Å²) in [5.41, 5.74) is 0.856. The van der Waals surface area contributed by atoms with Crippen molar-refractivity contribution in [2.75, 3.05) is 31.1 Å². The van der Waals surface area contributed by atoms with Gasteiger partial charge in [-0.05, 0) is 48.5 Å². The number of rotatable bonds is 1. The van der Waals surface area contributed by atoms with Crippen LogP contribution in [0.4, 0.5) is 23.2 Å². The highest BCUT2D eigenvalue weighted by atomic mass is 79.9. The monoisotopic (exact) mass is 574 g/mol. The third kappa shape index (κ3) is 8.09. The minimum atomic E-state index is -2.49. The third-order valence-corrected chi connectivity index (χ3v) is 5.19. The zero-order chi connectivity index (χ0) is 20.1. The van der Waals surface area contributed by atoms with Gasteiger partial charge in [-0.1, -0.05) is 47.8 Å². The second-order valence-electron chi connectivity index (χ2n) is 6.08. The van der Waals surface area contributed by atoms with E-state index in [4.69, 9.17) is 0 Å². The second-order valence-corrected chi connectivity index (χ2v) is 8.83. The zero-order valence-electron chi connectivity index (χ0n) is 14.0. The van der Waals surface area contributed by atoms with E-state index in [1.165, 1.54) is 0 Å². The van der Waals surface area contributed by atoms with E-state index in [1.807, 2.05) is 48.5 Å². The van der Waals surface area contributed by atoms with Gasteiger partial charge in [-0.15, -0.1) is 0 Å². The predicted octanol–water partition coefficient (Wildman–Crippen LogP) is 6.34. The van der Waals surface area contributed by atoms with Crippen LogP contribution in [-0.4, -0.2) is 38.0 Å². The molecule has 0 spiro atoms. The fourth-order valence-electron chi connectivity index (χ4n) is 2.09. The summed E-state index contributed by atoms with van der Waals surface area (Å²) in [7, 11) is 0. The maximum absolute atomic E-state index is 12.5. The molecule has 2 aliphatic rings. The molecule has 2 aliphatic heterocycles. The van der Waals surface area contributed by atoms with Crippen molar-refractivity contribution in [1.82, 2.24) is 5.32 Å². The Bertz CT molecular complexity index is 689. The lowest BCUT2D eigenvalue weighted by atomic mass is 10.1. The minimum Gasteiger partial charge on any atom is -0.359 e. The third-order valence-electron chi connectivity index (χ3n) is 3.61. The number of anilines is 1. The van der Waals surface area contributed by atoms with Crippen LogP contribution in [-0.2, 0) is 0 Å². The number of benzene rings is 2. The Morgan fingerprint density at radius 1 is 0.667 bits per heavy atom. The van der Waals surface area contributed by atoms with Crippen LogP contribution in [0.3, 0.4) is 0 Å². The van der Waals surface area contributed by atoms with E-state index in [0.29, 0.717) is 0 Å². The summed E-state index contributed by atoms with van der Waals surface area (Å²) in [4.78, 5) is 1.66. The number of alkyl halides is 4. The number of hydrogen-bond donors (Lipinski definition) is 1. The molecule has 0 unspecified atom stereocenters. The maximum atomic E-state index is 12.5. The van der Waals surface area contributed by atoms with Gasteiger partial charge < -0.3 is 10.2 Å². The molecule has 148 valence electrons. The summed E-state index contributed by atoms with van der Waals surface area (Å²) in [5, 5.41) is 2.45. The van der Waals surface area contributed by atoms with E-state index in [1.54, 1.807) is 4.90 Å². The standard InChI is InChI=1S/C9H8BrF2N.C6H4Br2.C3H5F2N/c10-7-1-3-8(4-2-7)13-5-9(11,12)6-13;7-5-1-2-6(8)4-3-5;4-3(5)1-6-2-3/h1-4H,5-6H2;1-4H;6H,1-2H2. The molecule has 2 heterocycles. The fraction of sp³-hybridized carbons (Fsp3) is 0.333. The Morgan fingerprint density at radius 2 is 1.00 bits per heavy atom. The lowest BCUT2D eigenvalue weighted by Gasteiger charge is -2.40. The van der Waals surface area contributed by atoms with Crippen molar-refractivity contribution in [3.8, 4) is 0 Å². The lowest BCUT2D eigenvalue weighted by Crippen LogP contribution is -2.56. The summed E-state index contributed by atoms with van der Waals surface area (Å²) in [6, 6.07) is 15.3. The van der Waals surface area contributed by atoms with E-state index in [9.17, 15) is 17.6 Å². The highest BCUT2D eigenvalue weighted by molar-refractivity contribution is 9.11. The number of hydrogen-bond acceptors (Lipinski definition) is 2. The van der Waals surface area contributed by atoms with Crippen molar-refractivity contribution >= 4 is 53.5 Å². The van der Waals surface area contributed by atoms with E-state index >= 15 is 0 Å². The molecule has 2 fully saturated rings. The summed E-state index contributed by atoms with van der Waals surface area (Å²) in [6.45, 7) is -0.580. The van der Waals surface area contributed by atoms with E-state index < -0.39 is 11.8 Å². The van der Waals surface area contributed by atoms with Crippen LogP contribution < -0.4 is 10.2 Å². The van der Waals surface area contributed by atoms with Crippen LogP contribution in [0.15, 0.2) is 61.9 Å². The topological polar surface area (TPSA) is 15.3 Å². The molecule has 0 bridgehead atoms. The average molecular weight is 577 g/mol. The molecular weight excluding hydrogens is 560 g/mol. The normalized spacial score (nSPS) is 18.7. The number of nitrogens with zero attached hydrogens (tertiary/aromatic N) is 1. The van der Waals surface area contributed by atoms with Gasteiger partial charge in [-0.25, -0.2) is 17.6 Å². The Labute approximate surface area is 180 Å². The van der Waals surface area contributed by atoms with Crippen LogP contribution in [0.5, 0.6) is 0 Å². The molecule has 0 aromatic heterocycles. The van der Waals surface area contributed by atoms with Crippen LogP contribution in [0.25, 0.3) is 0 Å². The smallest absolute Gasteiger partial charge is 0.282 e. The molecule has 0 saturated carbocycles. The Morgan fingerprint density at radius 3 is 1.26 bits per heavy atom. The Kier molecular flexibility index (Phi) is 8.15. The first-order valence-electron chi connectivity index (χ1n) is 7.94. The van der Waals surface area contributed by atoms with Crippen molar-refractivity contribution in [2.45, 2.75) is 11.8 Å². The Hall–Kier alpha value is -0.640. The molecule has 2 aromatic rings. The summed E-state index contributed by atoms with van der Waals surface area (Å²) < 4.78 is 51.1. The van der Waals surface area contributed by atoms with Crippen LogP contribution in [0.1, 0.15) is 0 Å². The first-order chi connectivity index (χ1) is 12.6. The summed E-state index contributed by atoms with van der Waals surface area (Å²) in [5.74, 6) is -4.88. The summed E-state index contributed by atoms with van der Waals surface area (Å²) >= 11 is 9.94. The lowest BCUT2D eigenvalue weighted by molar-refractivity contribution is -0.0475. The molecule has 0 amide bonds. The molecule has 2 nitrogen and oxygen atoms in total. The second kappa shape index (κ2) is 9.71. The van der Waals surface area contributed by atoms with Crippen molar-refractivity contribution in [3.63, 3.8) is 0 Å². The van der Waals surface area contributed by atoms with Gasteiger partial charge >= 0.3 is 0 Å². The van der Waals surface area contributed by atoms with Gasteiger partial charge in [0.2, 0.25) is 0 Å². The number of nitrogens with one attached hydrogen (secondary N) is 1. The van der Waals surface area contributed by atoms with Crippen molar-refractivity contribution in [3.05, 3.63) is 61.9 Å². The van der Waals surface area contributed by atoms with Crippen molar-refractivity contribution < 1.29 is 17.6 Å². The van der Waals surface area contributed by atoms with Gasteiger partial charge in [0.1, 0.15) is 0 Å². The first kappa shape index (κ1) is 22.6. The van der Waals surface area contributed by atoms with Crippen molar-refractivity contribution in [2.24, 2.45) is 0 Å². The fourth-order valence-corrected chi connectivity index (χ4v) is 2.88. The van der Waals surface area contributed by atoms with Crippen molar-refractivity contribution in [1.29, 1.82) is 0 Å². The SMILES string of the molecule is Brc1ccc(Br)cc1.FC1(F)CN(c2ccc(Br)cc2)C1.FC1(F)CNC1. The quantitative estimate of drug-likeness (QED) is 0.399. The highest BCUT2D eigenvalue weighted by Gasteiger charge is 2.43. The van der Waals surface area contributed by atoms with E-state index in [2.05, 4.69) is 53.1 Å².